The molecular weight excluding hydrogens is 252 g/mol. The summed E-state index contributed by atoms with van der Waals surface area (Å²) < 4.78 is 5.00. The van der Waals surface area contributed by atoms with Crippen LogP contribution in [0, 0.1) is 17.3 Å². The average Bonchev–Trinajstić information content (AvgIpc) is 2.40. The second kappa shape index (κ2) is 5.55. The molecule has 3 heteroatoms. The number of carbonyl (C=O) groups is 2. The molecule has 0 aromatic heterocycles. The van der Waals surface area contributed by atoms with Crippen LogP contribution in [0.3, 0.4) is 0 Å². The molecule has 0 heterocycles. The quantitative estimate of drug-likeness (QED) is 0.573. The molecule has 0 aromatic carbocycles. The van der Waals surface area contributed by atoms with Crippen LogP contribution in [0.1, 0.15) is 46.5 Å². The van der Waals surface area contributed by atoms with Crippen LogP contribution in [0.25, 0.3) is 0 Å². The van der Waals surface area contributed by atoms with Crippen LogP contribution in [0.4, 0.5) is 0 Å². The van der Waals surface area contributed by atoms with Crippen LogP contribution < -0.4 is 0 Å². The largest absolute Gasteiger partial charge is 0.461 e. The third-order valence-corrected chi connectivity index (χ3v) is 4.81. The number of Topliss-reactive ketones (excluding diaryl/α,β-unsaturated/α-hetero) is 1. The van der Waals surface area contributed by atoms with Crippen molar-refractivity contribution in [2.24, 2.45) is 17.3 Å². The van der Waals surface area contributed by atoms with E-state index in [9.17, 15) is 9.59 Å². The Morgan fingerprint density at radius 3 is 2.80 bits per heavy atom. The van der Waals surface area contributed by atoms with Crippen LogP contribution in [0.5, 0.6) is 0 Å². The zero-order chi connectivity index (χ0) is 14.9. The molecule has 2 rings (SSSR count). The summed E-state index contributed by atoms with van der Waals surface area (Å²) in [6.45, 7) is 10.1. The van der Waals surface area contributed by atoms with E-state index in [0.29, 0.717) is 23.8 Å². The topological polar surface area (TPSA) is 43.4 Å². The lowest BCUT2D eigenvalue weighted by Crippen LogP contribution is -2.45. The monoisotopic (exact) mass is 276 g/mol. The number of esters is 1. The molecule has 0 unspecified atom stereocenters. The zero-order valence-electron chi connectivity index (χ0n) is 12.7. The van der Waals surface area contributed by atoms with Crippen molar-refractivity contribution in [3.63, 3.8) is 0 Å². The lowest BCUT2D eigenvalue weighted by molar-refractivity contribution is -0.140. The fraction of sp³-hybridized carbons (Fsp3) is 0.647. The van der Waals surface area contributed by atoms with E-state index >= 15 is 0 Å². The van der Waals surface area contributed by atoms with Crippen molar-refractivity contribution in [2.75, 3.05) is 6.61 Å². The number of carbonyl (C=O) groups excluding carboxylic acids is 2. The molecule has 3 nitrogen and oxygen atoms in total. The third-order valence-electron chi connectivity index (χ3n) is 4.81. The second-order valence-corrected chi connectivity index (χ2v) is 6.74. The van der Waals surface area contributed by atoms with Gasteiger partial charge in [-0.15, -0.1) is 0 Å². The van der Waals surface area contributed by atoms with Crippen molar-refractivity contribution in [3.8, 4) is 0 Å². The Balaban J connectivity index is 2.13. The van der Waals surface area contributed by atoms with Gasteiger partial charge in [-0.3, -0.25) is 9.59 Å². The molecule has 0 spiro atoms. The fourth-order valence-electron chi connectivity index (χ4n) is 3.47. The molecule has 1 fully saturated rings. The Morgan fingerprint density at radius 1 is 1.50 bits per heavy atom. The van der Waals surface area contributed by atoms with Gasteiger partial charge in [0.15, 0.2) is 5.78 Å². The summed E-state index contributed by atoms with van der Waals surface area (Å²) >= 11 is 0. The molecule has 0 amide bonds. The van der Waals surface area contributed by atoms with Gasteiger partial charge in [0.2, 0.25) is 0 Å². The molecule has 0 bridgehead atoms. The van der Waals surface area contributed by atoms with E-state index in [0.717, 1.165) is 19.3 Å². The van der Waals surface area contributed by atoms with Gasteiger partial charge in [-0.05, 0) is 36.5 Å². The molecule has 0 aliphatic heterocycles. The van der Waals surface area contributed by atoms with Crippen molar-refractivity contribution in [2.45, 2.75) is 46.5 Å². The SMILES string of the molecule is C=C1CC/C=C(\COC(C)=O)C(=O)C[C@@H]2[C@@H]1CC2(C)C. The highest BCUT2D eigenvalue weighted by atomic mass is 16.5. The number of hydrogen-bond donors (Lipinski definition) is 0. The number of hydrogen-bond acceptors (Lipinski definition) is 3. The van der Waals surface area contributed by atoms with Crippen LogP contribution in [0.15, 0.2) is 23.8 Å². The summed E-state index contributed by atoms with van der Waals surface area (Å²) in [7, 11) is 0. The molecule has 2 aliphatic rings. The van der Waals surface area contributed by atoms with Gasteiger partial charge >= 0.3 is 5.97 Å². The smallest absolute Gasteiger partial charge is 0.302 e. The van der Waals surface area contributed by atoms with Gasteiger partial charge < -0.3 is 4.74 Å². The van der Waals surface area contributed by atoms with E-state index in [4.69, 9.17) is 4.74 Å². The van der Waals surface area contributed by atoms with Gasteiger partial charge in [0, 0.05) is 18.9 Å². The maximum Gasteiger partial charge on any atom is 0.302 e. The number of allylic oxidation sites excluding steroid dienone is 2. The second-order valence-electron chi connectivity index (χ2n) is 6.74. The van der Waals surface area contributed by atoms with E-state index in [1.54, 1.807) is 0 Å². The highest BCUT2D eigenvalue weighted by molar-refractivity contribution is 5.96. The number of ketones is 1. The van der Waals surface area contributed by atoms with E-state index < -0.39 is 0 Å². The maximum atomic E-state index is 12.4. The van der Waals surface area contributed by atoms with Gasteiger partial charge in [0.25, 0.3) is 0 Å². The minimum absolute atomic E-state index is 0.110. The summed E-state index contributed by atoms with van der Waals surface area (Å²) in [6.07, 6.45) is 5.33. The van der Waals surface area contributed by atoms with Gasteiger partial charge in [-0.2, -0.15) is 0 Å². The Hall–Kier alpha value is -1.38. The zero-order valence-corrected chi connectivity index (χ0v) is 12.7. The normalized spacial score (nSPS) is 31.9. The van der Waals surface area contributed by atoms with Crippen LogP contribution in [-0.2, 0) is 14.3 Å². The predicted molar refractivity (Wildman–Crippen MR) is 78.1 cm³/mol. The number of rotatable bonds is 2. The molecular formula is C17H24O3. The molecule has 0 radical (unpaired) electrons. The fourth-order valence-corrected chi connectivity index (χ4v) is 3.47. The lowest BCUT2D eigenvalue weighted by Gasteiger charge is -2.52. The molecule has 0 N–H and O–H groups in total. The van der Waals surface area contributed by atoms with Crippen LogP contribution >= 0.6 is 0 Å². The summed E-state index contributed by atoms with van der Waals surface area (Å²) in [5, 5.41) is 0. The molecule has 2 atom stereocenters. The molecule has 20 heavy (non-hydrogen) atoms. The first-order valence-electron chi connectivity index (χ1n) is 7.34. The highest BCUT2D eigenvalue weighted by Crippen LogP contribution is 2.56. The predicted octanol–water partition coefficient (Wildman–Crippen LogP) is 3.45. The first-order chi connectivity index (χ1) is 9.31. The summed E-state index contributed by atoms with van der Waals surface area (Å²) in [5.41, 5.74) is 2.13. The molecule has 2 aliphatic carbocycles. The van der Waals surface area contributed by atoms with Gasteiger partial charge in [0.05, 0.1) is 0 Å². The Kier molecular flexibility index (Phi) is 4.17. The van der Waals surface area contributed by atoms with Gasteiger partial charge in [-0.25, -0.2) is 0 Å². The maximum absolute atomic E-state index is 12.4. The minimum atomic E-state index is -0.343. The summed E-state index contributed by atoms with van der Waals surface area (Å²) in [5.74, 6) is 0.644. The molecule has 0 aromatic rings. The van der Waals surface area contributed by atoms with Crippen molar-refractivity contribution in [1.82, 2.24) is 0 Å². The summed E-state index contributed by atoms with van der Waals surface area (Å²) in [6, 6.07) is 0. The van der Waals surface area contributed by atoms with Gasteiger partial charge in [0.1, 0.15) is 6.61 Å². The Morgan fingerprint density at radius 2 is 2.20 bits per heavy atom. The van der Waals surface area contributed by atoms with Gasteiger partial charge in [-0.1, -0.05) is 32.1 Å². The van der Waals surface area contributed by atoms with Crippen molar-refractivity contribution < 1.29 is 14.3 Å². The van der Waals surface area contributed by atoms with Crippen LogP contribution in [0.2, 0.25) is 0 Å². The highest BCUT2D eigenvalue weighted by Gasteiger charge is 2.48. The first kappa shape index (κ1) is 15.0. The molecule has 0 saturated heterocycles. The average molecular weight is 276 g/mol. The van der Waals surface area contributed by atoms with E-state index in [2.05, 4.69) is 20.4 Å². The standard InChI is InChI=1S/C17H24O3/c1-11-6-5-7-13(10-20-12(2)18)16(19)8-15-14(11)9-17(15,3)4/h7,14-15H,1,5-6,8-10H2,2-4H3/b13-7+/t14-,15-/m1/s1. The number of fused-ring (bicyclic) bond motifs is 1. The summed E-state index contributed by atoms with van der Waals surface area (Å²) in [4.78, 5) is 23.4. The Bertz CT molecular complexity index is 471. The Labute approximate surface area is 121 Å². The van der Waals surface area contributed by atoms with Crippen molar-refractivity contribution >= 4 is 11.8 Å². The van der Waals surface area contributed by atoms with E-state index in [-0.39, 0.29) is 23.8 Å². The van der Waals surface area contributed by atoms with Crippen LogP contribution in [-0.4, -0.2) is 18.4 Å². The van der Waals surface area contributed by atoms with E-state index in [1.165, 1.54) is 12.5 Å². The lowest BCUT2D eigenvalue weighted by atomic mass is 9.52. The van der Waals surface area contributed by atoms with Crippen molar-refractivity contribution in [1.29, 1.82) is 0 Å². The molecule has 110 valence electrons. The van der Waals surface area contributed by atoms with Crippen molar-refractivity contribution in [3.05, 3.63) is 23.8 Å². The third kappa shape index (κ3) is 3.02. The minimum Gasteiger partial charge on any atom is -0.461 e. The first-order valence-corrected chi connectivity index (χ1v) is 7.34. The number of ether oxygens (including phenoxy) is 1. The van der Waals surface area contributed by atoms with E-state index in [1.807, 2.05) is 6.08 Å². The molecule has 1 saturated carbocycles.